The van der Waals surface area contributed by atoms with Gasteiger partial charge in [-0.15, -0.1) is 11.3 Å². The van der Waals surface area contributed by atoms with Gasteiger partial charge in [-0.1, -0.05) is 43.3 Å². The third-order valence-corrected chi connectivity index (χ3v) is 10.8. The summed E-state index contributed by atoms with van der Waals surface area (Å²) in [4.78, 5) is 36.9. The monoisotopic (exact) mass is 634 g/mol. The van der Waals surface area contributed by atoms with Crippen molar-refractivity contribution in [1.82, 2.24) is 25.7 Å². The SMILES string of the molecule is Cc1ncsc1-c1ccc([C@H](C)NC(=O)[C@@H]2C[C@@H](O)CN2C(=O)[C@@H](c2cc(N3CCC(CC4CNC4)CC3)no2)C(C)C)cc1. The molecule has 0 saturated carbocycles. The van der Waals surface area contributed by atoms with Crippen LogP contribution in [0.2, 0.25) is 0 Å². The average Bonchev–Trinajstić information content (AvgIpc) is 3.75. The Morgan fingerprint density at radius 2 is 1.87 bits per heavy atom. The predicted octanol–water partition coefficient (Wildman–Crippen LogP) is 4.51. The number of rotatable bonds is 10. The van der Waals surface area contributed by atoms with E-state index < -0.39 is 18.1 Å². The van der Waals surface area contributed by atoms with Gasteiger partial charge in [0.1, 0.15) is 12.0 Å². The Bertz CT molecular complexity index is 1460. The van der Waals surface area contributed by atoms with Crippen LogP contribution < -0.4 is 15.5 Å². The van der Waals surface area contributed by atoms with Gasteiger partial charge in [0.05, 0.1) is 28.2 Å². The van der Waals surface area contributed by atoms with Crippen LogP contribution >= 0.6 is 11.3 Å². The predicted molar refractivity (Wildman–Crippen MR) is 175 cm³/mol. The third-order valence-electron chi connectivity index (χ3n) is 9.87. The molecule has 242 valence electrons. The molecule has 0 aliphatic carbocycles. The number of nitrogens with zero attached hydrogens (tertiary/aromatic N) is 4. The smallest absolute Gasteiger partial charge is 0.243 e. The van der Waals surface area contributed by atoms with Gasteiger partial charge in [-0.2, -0.15) is 0 Å². The molecule has 4 atom stereocenters. The van der Waals surface area contributed by atoms with E-state index in [1.165, 1.54) is 11.3 Å². The third kappa shape index (κ3) is 6.95. The van der Waals surface area contributed by atoms with E-state index in [1.807, 2.05) is 63.5 Å². The fraction of sp³-hybridized carbons (Fsp3) is 0.588. The highest BCUT2D eigenvalue weighted by atomic mass is 32.1. The van der Waals surface area contributed by atoms with Gasteiger partial charge in [-0.05, 0) is 75.1 Å². The molecule has 11 heteroatoms. The number of benzene rings is 1. The van der Waals surface area contributed by atoms with E-state index in [0.29, 0.717) is 5.76 Å². The number of piperidine rings is 1. The molecule has 3 aliphatic heterocycles. The largest absolute Gasteiger partial charge is 0.391 e. The Kier molecular flexibility index (Phi) is 9.58. The van der Waals surface area contributed by atoms with Gasteiger partial charge in [0, 0.05) is 32.1 Å². The number of β-amino-alcohol motifs (C(OH)–C–C–N with tert-alkyl or cyclic N) is 1. The number of carbonyl (C=O) groups is 2. The minimum Gasteiger partial charge on any atom is -0.391 e. The number of aromatic nitrogens is 2. The molecule has 0 unspecified atom stereocenters. The first-order chi connectivity index (χ1) is 21.7. The number of anilines is 1. The molecule has 3 aromatic rings. The van der Waals surface area contributed by atoms with Crippen LogP contribution in [0.4, 0.5) is 5.82 Å². The van der Waals surface area contributed by atoms with Crippen LogP contribution in [-0.4, -0.2) is 76.8 Å². The van der Waals surface area contributed by atoms with Crippen molar-refractivity contribution in [1.29, 1.82) is 0 Å². The maximum absolute atomic E-state index is 14.1. The lowest BCUT2D eigenvalue weighted by atomic mass is 9.84. The highest BCUT2D eigenvalue weighted by Gasteiger charge is 2.43. The Balaban J connectivity index is 1.09. The highest BCUT2D eigenvalue weighted by molar-refractivity contribution is 7.13. The molecule has 2 aromatic heterocycles. The van der Waals surface area contributed by atoms with E-state index in [9.17, 15) is 14.7 Å². The zero-order valence-corrected chi connectivity index (χ0v) is 27.6. The quantitative estimate of drug-likeness (QED) is 0.298. The van der Waals surface area contributed by atoms with Crippen LogP contribution in [0.3, 0.4) is 0 Å². The van der Waals surface area contributed by atoms with Crippen molar-refractivity contribution in [2.24, 2.45) is 17.8 Å². The van der Waals surface area contributed by atoms with Gasteiger partial charge < -0.3 is 30.1 Å². The maximum Gasteiger partial charge on any atom is 0.243 e. The van der Waals surface area contributed by atoms with Gasteiger partial charge in [-0.25, -0.2) is 4.98 Å². The van der Waals surface area contributed by atoms with E-state index in [1.54, 1.807) is 11.3 Å². The van der Waals surface area contributed by atoms with Crippen LogP contribution in [0.5, 0.6) is 0 Å². The standard InChI is InChI=1S/C34H46N6O4S/c1-20(2)31(29-15-30(38-44-29)39-11-9-23(10-12-39)13-24-16-35-17-24)34(43)40-18-27(41)14-28(40)33(42)37-21(3)25-5-7-26(8-6-25)32-22(4)36-19-45-32/h5-8,15,19-21,23-24,27-28,31,35,41H,9-14,16-18H2,1-4H3,(H,37,42)/t21-,27+,28-,31+/m0/s1. The molecule has 0 radical (unpaired) electrons. The molecule has 6 rings (SSSR count). The Morgan fingerprint density at radius 3 is 2.49 bits per heavy atom. The number of hydrogen-bond donors (Lipinski definition) is 3. The van der Waals surface area contributed by atoms with Crippen LogP contribution in [0.25, 0.3) is 10.4 Å². The second-order valence-corrected chi connectivity index (χ2v) is 14.4. The number of aliphatic hydroxyl groups excluding tert-OH is 1. The molecule has 2 amide bonds. The second-order valence-electron chi connectivity index (χ2n) is 13.5. The molecule has 5 heterocycles. The summed E-state index contributed by atoms with van der Waals surface area (Å²) in [5.41, 5.74) is 4.89. The molecule has 3 aliphatic rings. The molecular formula is C34H46N6O4S. The van der Waals surface area contributed by atoms with E-state index in [-0.39, 0.29) is 36.7 Å². The number of aryl methyl sites for hydroxylation is 1. The number of aliphatic hydroxyl groups is 1. The summed E-state index contributed by atoms with van der Waals surface area (Å²) < 4.78 is 5.81. The second kappa shape index (κ2) is 13.6. The number of carbonyl (C=O) groups excluding carboxylic acids is 2. The van der Waals surface area contributed by atoms with Crippen molar-refractivity contribution in [2.75, 3.05) is 37.6 Å². The average molecular weight is 635 g/mol. The highest BCUT2D eigenvalue weighted by Crippen LogP contribution is 2.35. The van der Waals surface area contributed by atoms with Gasteiger partial charge in [0.2, 0.25) is 11.8 Å². The van der Waals surface area contributed by atoms with Crippen LogP contribution in [0, 0.1) is 24.7 Å². The van der Waals surface area contributed by atoms with E-state index >= 15 is 0 Å². The summed E-state index contributed by atoms with van der Waals surface area (Å²) in [6, 6.07) is 8.98. The van der Waals surface area contributed by atoms with Crippen LogP contribution in [0.15, 0.2) is 40.4 Å². The van der Waals surface area contributed by atoms with E-state index in [4.69, 9.17) is 4.52 Å². The van der Waals surface area contributed by atoms with Crippen molar-refractivity contribution in [3.63, 3.8) is 0 Å². The first-order valence-corrected chi connectivity index (χ1v) is 17.3. The van der Waals surface area contributed by atoms with Gasteiger partial charge in [0.15, 0.2) is 11.6 Å². The molecule has 0 spiro atoms. The molecule has 0 bridgehead atoms. The van der Waals surface area contributed by atoms with Gasteiger partial charge in [0.25, 0.3) is 0 Å². The summed E-state index contributed by atoms with van der Waals surface area (Å²) in [5.74, 6) is 1.69. The van der Waals surface area contributed by atoms with Crippen molar-refractivity contribution in [3.05, 3.63) is 52.9 Å². The fourth-order valence-corrected chi connectivity index (χ4v) is 7.89. The minimum atomic E-state index is -0.767. The Labute approximate surface area is 269 Å². The lowest BCUT2D eigenvalue weighted by molar-refractivity contribution is -0.141. The Hall–Kier alpha value is -3.28. The number of nitrogens with one attached hydrogen (secondary N) is 2. The molecule has 10 nitrogen and oxygen atoms in total. The van der Waals surface area contributed by atoms with E-state index in [0.717, 1.165) is 78.4 Å². The zero-order valence-electron chi connectivity index (χ0n) is 26.7. The van der Waals surface area contributed by atoms with Gasteiger partial charge in [-0.3, -0.25) is 9.59 Å². The molecule has 45 heavy (non-hydrogen) atoms. The molecular weight excluding hydrogens is 588 g/mol. The minimum absolute atomic E-state index is 0.0822. The Morgan fingerprint density at radius 1 is 1.13 bits per heavy atom. The fourth-order valence-electron chi connectivity index (χ4n) is 7.07. The van der Waals surface area contributed by atoms with Crippen LogP contribution in [-0.2, 0) is 9.59 Å². The summed E-state index contributed by atoms with van der Waals surface area (Å²) in [7, 11) is 0. The molecule has 3 fully saturated rings. The summed E-state index contributed by atoms with van der Waals surface area (Å²) >= 11 is 1.61. The number of thiazole rings is 1. The number of likely N-dealkylation sites (tertiary alicyclic amines) is 1. The lowest BCUT2D eigenvalue weighted by Crippen LogP contribution is -2.48. The van der Waals surface area contributed by atoms with E-state index in [2.05, 4.69) is 25.7 Å². The van der Waals surface area contributed by atoms with Gasteiger partial charge >= 0.3 is 0 Å². The summed E-state index contributed by atoms with van der Waals surface area (Å²) in [6.07, 6.45) is 3.01. The normalized spacial score (nSPS) is 22.4. The van der Waals surface area contributed by atoms with Crippen molar-refractivity contribution < 1.29 is 19.2 Å². The number of hydrogen-bond acceptors (Lipinski definition) is 9. The first-order valence-electron chi connectivity index (χ1n) is 16.4. The first kappa shape index (κ1) is 31.7. The lowest BCUT2D eigenvalue weighted by Gasteiger charge is -2.36. The van der Waals surface area contributed by atoms with Crippen LogP contribution in [0.1, 0.15) is 75.4 Å². The topological polar surface area (TPSA) is 124 Å². The summed E-state index contributed by atoms with van der Waals surface area (Å²) in [5, 5.41) is 21.4. The molecule has 1 aromatic carbocycles. The summed E-state index contributed by atoms with van der Waals surface area (Å²) in [6.45, 7) is 12.2. The van der Waals surface area contributed by atoms with Crippen molar-refractivity contribution in [3.8, 4) is 10.4 Å². The maximum atomic E-state index is 14.1. The van der Waals surface area contributed by atoms with Crippen molar-refractivity contribution >= 4 is 29.0 Å². The zero-order chi connectivity index (χ0) is 31.7. The molecule has 3 N–H and O–H groups in total. The van der Waals surface area contributed by atoms with Crippen molar-refractivity contribution in [2.45, 2.75) is 77.5 Å². The molecule has 3 saturated heterocycles. The number of amides is 2.